The first kappa shape index (κ1) is 17.6. The monoisotopic (exact) mass is 346 g/mol. The number of nitrogens with one attached hydrogen (secondary N) is 1. The average Bonchev–Trinajstić information content (AvgIpc) is 2.98. The van der Waals surface area contributed by atoms with Crippen LogP contribution in [0.25, 0.3) is 0 Å². The molecule has 0 radical (unpaired) electrons. The number of hydrogen-bond donors (Lipinski definition) is 1. The van der Waals surface area contributed by atoms with Crippen LogP contribution in [-0.4, -0.2) is 41.8 Å². The van der Waals surface area contributed by atoms with Gasteiger partial charge >= 0.3 is 12.1 Å². The van der Waals surface area contributed by atoms with Crippen molar-refractivity contribution in [1.82, 2.24) is 4.90 Å². The van der Waals surface area contributed by atoms with Gasteiger partial charge in [-0.05, 0) is 45.7 Å². The summed E-state index contributed by atoms with van der Waals surface area (Å²) in [6, 6.07) is 7.18. The van der Waals surface area contributed by atoms with E-state index in [0.29, 0.717) is 13.2 Å². The van der Waals surface area contributed by atoms with Crippen LogP contribution < -0.4 is 5.32 Å². The predicted octanol–water partition coefficient (Wildman–Crippen LogP) is 3.34. The molecule has 0 spiro atoms. The maximum Gasteiger partial charge on any atom is 0.410 e. The highest BCUT2D eigenvalue weighted by atomic mass is 16.6. The van der Waals surface area contributed by atoms with Crippen LogP contribution in [0.1, 0.15) is 45.7 Å². The molecule has 0 bridgehead atoms. The zero-order valence-corrected chi connectivity index (χ0v) is 15.2. The SMILES string of the molecule is CCOC(=O)[C@H]1Nc2ccccc2[C@H]2[C@@H]1CCN2C(=O)OC(C)(C)C. The Labute approximate surface area is 148 Å². The van der Waals surface area contributed by atoms with Gasteiger partial charge in [-0.1, -0.05) is 18.2 Å². The fourth-order valence-electron chi connectivity index (χ4n) is 3.72. The van der Waals surface area contributed by atoms with Gasteiger partial charge in [-0.3, -0.25) is 0 Å². The molecule has 1 amide bonds. The number of para-hydroxylation sites is 1. The van der Waals surface area contributed by atoms with Gasteiger partial charge in [0.2, 0.25) is 0 Å². The van der Waals surface area contributed by atoms with E-state index in [2.05, 4.69) is 5.32 Å². The second-order valence-electron chi connectivity index (χ2n) is 7.53. The number of nitrogens with zero attached hydrogens (tertiary/aromatic N) is 1. The Balaban J connectivity index is 1.93. The van der Waals surface area contributed by atoms with Crippen LogP contribution in [0, 0.1) is 5.92 Å². The third-order valence-corrected chi connectivity index (χ3v) is 4.63. The van der Waals surface area contributed by atoms with Gasteiger partial charge in [0, 0.05) is 18.2 Å². The number of anilines is 1. The van der Waals surface area contributed by atoms with E-state index in [9.17, 15) is 9.59 Å². The molecule has 2 heterocycles. The molecule has 25 heavy (non-hydrogen) atoms. The number of esters is 1. The summed E-state index contributed by atoms with van der Waals surface area (Å²) in [5.41, 5.74) is 1.34. The number of ether oxygens (including phenoxy) is 2. The quantitative estimate of drug-likeness (QED) is 0.832. The van der Waals surface area contributed by atoms with Gasteiger partial charge in [-0.25, -0.2) is 9.59 Å². The van der Waals surface area contributed by atoms with Crippen molar-refractivity contribution < 1.29 is 19.1 Å². The molecule has 3 atom stereocenters. The number of fused-ring (bicyclic) bond motifs is 3. The molecule has 0 saturated carbocycles. The first-order chi connectivity index (χ1) is 11.8. The van der Waals surface area contributed by atoms with Gasteiger partial charge < -0.3 is 19.7 Å². The minimum Gasteiger partial charge on any atom is -0.464 e. The van der Waals surface area contributed by atoms with E-state index in [1.807, 2.05) is 45.0 Å². The lowest BCUT2D eigenvalue weighted by Crippen LogP contribution is -2.46. The minimum atomic E-state index is -0.553. The molecule has 1 saturated heterocycles. The number of carbonyl (C=O) groups excluding carboxylic acids is 2. The highest BCUT2D eigenvalue weighted by molar-refractivity contribution is 5.82. The average molecular weight is 346 g/mol. The lowest BCUT2D eigenvalue weighted by Gasteiger charge is -2.38. The maximum atomic E-state index is 12.7. The maximum absolute atomic E-state index is 12.7. The zero-order valence-electron chi connectivity index (χ0n) is 15.2. The first-order valence-electron chi connectivity index (χ1n) is 8.83. The van der Waals surface area contributed by atoms with Crippen molar-refractivity contribution in [1.29, 1.82) is 0 Å². The van der Waals surface area contributed by atoms with Crippen molar-refractivity contribution in [3.05, 3.63) is 29.8 Å². The van der Waals surface area contributed by atoms with Crippen molar-refractivity contribution in [3.8, 4) is 0 Å². The number of rotatable bonds is 2. The Bertz CT molecular complexity index is 668. The summed E-state index contributed by atoms with van der Waals surface area (Å²) >= 11 is 0. The van der Waals surface area contributed by atoms with Gasteiger partial charge in [0.1, 0.15) is 11.6 Å². The van der Waals surface area contributed by atoms with Crippen LogP contribution in [0.5, 0.6) is 0 Å². The second kappa shape index (κ2) is 6.58. The van der Waals surface area contributed by atoms with Gasteiger partial charge in [-0.15, -0.1) is 0 Å². The summed E-state index contributed by atoms with van der Waals surface area (Å²) in [6.45, 7) is 8.28. The summed E-state index contributed by atoms with van der Waals surface area (Å²) in [4.78, 5) is 26.9. The number of hydrogen-bond acceptors (Lipinski definition) is 5. The fourth-order valence-corrected chi connectivity index (χ4v) is 3.72. The molecular weight excluding hydrogens is 320 g/mol. The molecule has 2 aliphatic rings. The first-order valence-corrected chi connectivity index (χ1v) is 8.83. The fraction of sp³-hybridized carbons (Fsp3) is 0.579. The Morgan fingerprint density at radius 2 is 2.00 bits per heavy atom. The minimum absolute atomic E-state index is 0.0264. The van der Waals surface area contributed by atoms with Crippen molar-refractivity contribution in [2.24, 2.45) is 5.92 Å². The molecule has 1 N–H and O–H groups in total. The van der Waals surface area contributed by atoms with Crippen molar-refractivity contribution in [2.75, 3.05) is 18.5 Å². The van der Waals surface area contributed by atoms with E-state index in [0.717, 1.165) is 17.7 Å². The van der Waals surface area contributed by atoms with Crippen molar-refractivity contribution in [2.45, 2.75) is 51.8 Å². The third kappa shape index (κ3) is 3.43. The van der Waals surface area contributed by atoms with E-state index in [1.165, 1.54) is 0 Å². The Kier molecular flexibility index (Phi) is 4.62. The number of benzene rings is 1. The van der Waals surface area contributed by atoms with Gasteiger partial charge in [0.25, 0.3) is 0 Å². The second-order valence-corrected chi connectivity index (χ2v) is 7.53. The Hall–Kier alpha value is -2.24. The lowest BCUT2D eigenvalue weighted by atomic mass is 9.83. The van der Waals surface area contributed by atoms with Crippen LogP contribution in [-0.2, 0) is 14.3 Å². The Morgan fingerprint density at radius 3 is 2.68 bits per heavy atom. The summed E-state index contributed by atoms with van der Waals surface area (Å²) in [7, 11) is 0. The standard InChI is InChI=1S/C19H26N2O4/c1-5-24-17(22)15-13-10-11-21(18(23)25-19(2,3)4)16(13)12-8-6-7-9-14(12)20-15/h6-9,13,15-16,20H,5,10-11H2,1-4H3/t13-,15+,16+/m1/s1. The predicted molar refractivity (Wildman–Crippen MR) is 94.3 cm³/mol. The molecule has 0 aliphatic carbocycles. The van der Waals surface area contributed by atoms with Gasteiger partial charge in [-0.2, -0.15) is 0 Å². The molecule has 1 aromatic carbocycles. The molecular formula is C19H26N2O4. The smallest absolute Gasteiger partial charge is 0.410 e. The van der Waals surface area contributed by atoms with E-state index in [-0.39, 0.29) is 24.0 Å². The molecule has 1 fully saturated rings. The van der Waals surface area contributed by atoms with Crippen LogP contribution >= 0.6 is 0 Å². The van der Waals surface area contributed by atoms with Crippen molar-refractivity contribution in [3.63, 3.8) is 0 Å². The van der Waals surface area contributed by atoms with Crippen molar-refractivity contribution >= 4 is 17.7 Å². The van der Waals surface area contributed by atoms with E-state index >= 15 is 0 Å². The van der Waals surface area contributed by atoms with E-state index < -0.39 is 11.6 Å². The molecule has 0 unspecified atom stereocenters. The summed E-state index contributed by atoms with van der Waals surface area (Å²) in [6.07, 6.45) is 0.397. The zero-order chi connectivity index (χ0) is 18.2. The van der Waals surface area contributed by atoms with Crippen LogP contribution in [0.2, 0.25) is 0 Å². The number of likely N-dealkylation sites (tertiary alicyclic amines) is 1. The molecule has 2 aliphatic heterocycles. The highest BCUT2D eigenvalue weighted by Crippen LogP contribution is 2.46. The molecule has 6 heteroatoms. The normalized spacial score (nSPS) is 24.8. The largest absolute Gasteiger partial charge is 0.464 e. The highest BCUT2D eigenvalue weighted by Gasteiger charge is 2.49. The van der Waals surface area contributed by atoms with E-state index in [1.54, 1.807) is 11.8 Å². The number of amides is 1. The molecule has 0 aromatic heterocycles. The molecule has 136 valence electrons. The van der Waals surface area contributed by atoms with Crippen LogP contribution in [0.15, 0.2) is 24.3 Å². The van der Waals surface area contributed by atoms with Crippen LogP contribution in [0.3, 0.4) is 0 Å². The van der Waals surface area contributed by atoms with Gasteiger partial charge in [0.05, 0.1) is 12.6 Å². The lowest BCUT2D eigenvalue weighted by molar-refractivity contribution is -0.145. The third-order valence-electron chi connectivity index (χ3n) is 4.63. The van der Waals surface area contributed by atoms with Crippen LogP contribution in [0.4, 0.5) is 10.5 Å². The summed E-state index contributed by atoms with van der Waals surface area (Å²) in [5.74, 6) is -0.292. The molecule has 1 aromatic rings. The molecule has 3 rings (SSSR count). The summed E-state index contributed by atoms with van der Waals surface area (Å²) < 4.78 is 10.8. The van der Waals surface area contributed by atoms with E-state index in [4.69, 9.17) is 9.47 Å². The molecule has 6 nitrogen and oxygen atoms in total. The summed E-state index contributed by atoms with van der Waals surface area (Å²) in [5, 5.41) is 3.31. The number of carbonyl (C=O) groups is 2. The Morgan fingerprint density at radius 1 is 1.28 bits per heavy atom. The van der Waals surface area contributed by atoms with Gasteiger partial charge in [0.15, 0.2) is 0 Å². The topological polar surface area (TPSA) is 67.9 Å².